The van der Waals surface area contributed by atoms with E-state index in [2.05, 4.69) is 0 Å². The molecule has 20 heavy (non-hydrogen) atoms. The summed E-state index contributed by atoms with van der Waals surface area (Å²) in [7, 11) is 0. The maximum Gasteiger partial charge on any atom is 0.417 e. The molecule has 0 unspecified atom stereocenters. The van der Waals surface area contributed by atoms with Crippen molar-refractivity contribution in [3.05, 3.63) is 35.5 Å². The molecule has 110 valence electrons. The minimum absolute atomic E-state index is 0.195. The molecule has 0 amide bonds. The number of alkyl halides is 3. The van der Waals surface area contributed by atoms with Crippen molar-refractivity contribution in [2.75, 3.05) is 0 Å². The lowest BCUT2D eigenvalue weighted by atomic mass is 10.0. The highest BCUT2D eigenvalue weighted by Crippen LogP contribution is 2.36. The second-order valence-electron chi connectivity index (χ2n) is 5.61. The Hall–Kier alpha value is -1.49. The fourth-order valence-corrected chi connectivity index (χ4v) is 2.55. The second-order valence-corrected chi connectivity index (χ2v) is 5.61. The number of aryl methyl sites for hydroxylation is 1. The Bertz CT molecular complexity index is 620. The predicted octanol–water partition coefficient (Wildman–Crippen LogP) is 3.99. The SMILES string of the molecule is CCn1c(CC(C)(C)O)cc2c(C(F)(F)F)cccc21. The molecule has 1 aromatic heterocycles. The van der Waals surface area contributed by atoms with Gasteiger partial charge in [0.25, 0.3) is 0 Å². The van der Waals surface area contributed by atoms with E-state index in [-0.39, 0.29) is 5.39 Å². The molecule has 1 heterocycles. The van der Waals surface area contributed by atoms with E-state index in [0.29, 0.717) is 24.2 Å². The van der Waals surface area contributed by atoms with E-state index in [1.165, 1.54) is 6.07 Å². The highest BCUT2D eigenvalue weighted by molar-refractivity contribution is 5.85. The summed E-state index contributed by atoms with van der Waals surface area (Å²) in [5.74, 6) is 0. The van der Waals surface area contributed by atoms with Gasteiger partial charge in [-0.3, -0.25) is 0 Å². The topological polar surface area (TPSA) is 25.2 Å². The minimum Gasteiger partial charge on any atom is -0.390 e. The van der Waals surface area contributed by atoms with Gasteiger partial charge in [0.1, 0.15) is 0 Å². The number of aromatic nitrogens is 1. The molecule has 1 N–H and O–H groups in total. The third-order valence-electron chi connectivity index (χ3n) is 3.27. The Morgan fingerprint density at radius 2 is 1.85 bits per heavy atom. The van der Waals surface area contributed by atoms with Crippen molar-refractivity contribution in [2.45, 2.75) is 45.5 Å². The van der Waals surface area contributed by atoms with Crippen LogP contribution in [0.15, 0.2) is 24.3 Å². The molecule has 2 aromatic rings. The Morgan fingerprint density at radius 1 is 1.20 bits per heavy atom. The molecule has 0 aliphatic rings. The Kier molecular flexibility index (Phi) is 3.58. The molecular formula is C15H18F3NO. The maximum atomic E-state index is 13.0. The van der Waals surface area contributed by atoms with Gasteiger partial charge < -0.3 is 9.67 Å². The zero-order chi connectivity index (χ0) is 15.1. The summed E-state index contributed by atoms with van der Waals surface area (Å²) in [6.45, 7) is 5.74. The first-order valence-electron chi connectivity index (χ1n) is 6.54. The van der Waals surface area contributed by atoms with Crippen LogP contribution in [0.5, 0.6) is 0 Å². The summed E-state index contributed by atoms with van der Waals surface area (Å²) in [6, 6.07) is 5.74. The van der Waals surface area contributed by atoms with Crippen molar-refractivity contribution < 1.29 is 18.3 Å². The Morgan fingerprint density at radius 3 is 2.35 bits per heavy atom. The van der Waals surface area contributed by atoms with Gasteiger partial charge in [-0.15, -0.1) is 0 Å². The quantitative estimate of drug-likeness (QED) is 0.906. The molecule has 0 fully saturated rings. The lowest BCUT2D eigenvalue weighted by Crippen LogP contribution is -2.23. The molecule has 0 radical (unpaired) electrons. The normalized spacial score (nSPS) is 13.2. The monoisotopic (exact) mass is 285 g/mol. The van der Waals surface area contributed by atoms with E-state index < -0.39 is 17.3 Å². The van der Waals surface area contributed by atoms with Crippen molar-refractivity contribution >= 4 is 10.9 Å². The van der Waals surface area contributed by atoms with Gasteiger partial charge >= 0.3 is 6.18 Å². The molecule has 0 atom stereocenters. The third kappa shape index (κ3) is 2.82. The highest BCUT2D eigenvalue weighted by Gasteiger charge is 2.33. The molecule has 1 aromatic carbocycles. The number of fused-ring (bicyclic) bond motifs is 1. The fraction of sp³-hybridized carbons (Fsp3) is 0.467. The summed E-state index contributed by atoms with van der Waals surface area (Å²) in [4.78, 5) is 0. The van der Waals surface area contributed by atoms with Crippen molar-refractivity contribution in [3.63, 3.8) is 0 Å². The van der Waals surface area contributed by atoms with Gasteiger partial charge in [-0.1, -0.05) is 6.07 Å². The van der Waals surface area contributed by atoms with Crippen molar-refractivity contribution in [2.24, 2.45) is 0 Å². The van der Waals surface area contributed by atoms with Crippen LogP contribution in [-0.4, -0.2) is 15.3 Å². The summed E-state index contributed by atoms with van der Waals surface area (Å²) in [5.41, 5.74) is -0.313. The smallest absolute Gasteiger partial charge is 0.390 e. The highest BCUT2D eigenvalue weighted by atomic mass is 19.4. The predicted molar refractivity (Wildman–Crippen MR) is 72.6 cm³/mol. The zero-order valence-electron chi connectivity index (χ0n) is 11.8. The van der Waals surface area contributed by atoms with E-state index in [0.717, 1.165) is 6.07 Å². The fourth-order valence-electron chi connectivity index (χ4n) is 2.55. The number of nitrogens with zero attached hydrogens (tertiary/aromatic N) is 1. The number of hydrogen-bond acceptors (Lipinski definition) is 1. The van der Waals surface area contributed by atoms with E-state index in [1.54, 1.807) is 26.0 Å². The minimum atomic E-state index is -4.37. The number of benzene rings is 1. The van der Waals surface area contributed by atoms with Gasteiger partial charge in [0.15, 0.2) is 0 Å². The maximum absolute atomic E-state index is 13.0. The lowest BCUT2D eigenvalue weighted by molar-refractivity contribution is -0.136. The first kappa shape index (κ1) is 14.9. The van der Waals surface area contributed by atoms with Crippen LogP contribution >= 0.6 is 0 Å². The molecule has 0 bridgehead atoms. The van der Waals surface area contributed by atoms with Crippen molar-refractivity contribution in [1.82, 2.24) is 4.57 Å². The molecule has 0 saturated heterocycles. The molecule has 2 rings (SSSR count). The van der Waals surface area contributed by atoms with E-state index >= 15 is 0 Å². The molecule has 0 saturated carbocycles. The van der Waals surface area contributed by atoms with Gasteiger partial charge in [0.05, 0.1) is 11.2 Å². The average molecular weight is 285 g/mol. The lowest BCUT2D eigenvalue weighted by Gasteiger charge is -2.18. The molecule has 2 nitrogen and oxygen atoms in total. The molecular weight excluding hydrogens is 267 g/mol. The van der Waals surface area contributed by atoms with Crippen LogP contribution in [0.2, 0.25) is 0 Å². The standard InChI is InChI=1S/C15H18F3NO/c1-4-19-10(9-14(2,3)20)8-11-12(15(16,17)18)6-5-7-13(11)19/h5-8,20H,4,9H2,1-3H3. The van der Waals surface area contributed by atoms with Crippen LogP contribution < -0.4 is 0 Å². The van der Waals surface area contributed by atoms with E-state index in [1.807, 2.05) is 11.5 Å². The average Bonchev–Trinajstić information content (AvgIpc) is 2.61. The number of aliphatic hydroxyl groups is 1. The van der Waals surface area contributed by atoms with Crippen LogP contribution in [0.4, 0.5) is 13.2 Å². The number of halogens is 3. The van der Waals surface area contributed by atoms with Gasteiger partial charge in [-0.05, 0) is 39.0 Å². The van der Waals surface area contributed by atoms with Crippen molar-refractivity contribution in [3.8, 4) is 0 Å². The summed E-state index contributed by atoms with van der Waals surface area (Å²) < 4.78 is 40.9. The molecule has 5 heteroatoms. The van der Waals surface area contributed by atoms with Crippen molar-refractivity contribution in [1.29, 1.82) is 0 Å². The van der Waals surface area contributed by atoms with Gasteiger partial charge in [0, 0.05) is 29.6 Å². The molecule has 0 aliphatic carbocycles. The van der Waals surface area contributed by atoms with Gasteiger partial charge in [0.2, 0.25) is 0 Å². The second kappa shape index (κ2) is 4.81. The largest absolute Gasteiger partial charge is 0.417 e. The summed E-state index contributed by atoms with van der Waals surface area (Å²) >= 11 is 0. The van der Waals surface area contributed by atoms with Gasteiger partial charge in [-0.25, -0.2) is 0 Å². The number of rotatable bonds is 3. The first-order valence-corrected chi connectivity index (χ1v) is 6.54. The van der Waals surface area contributed by atoms with E-state index in [4.69, 9.17) is 0 Å². The Labute approximate surface area is 115 Å². The van der Waals surface area contributed by atoms with Crippen LogP contribution in [0.1, 0.15) is 32.0 Å². The summed E-state index contributed by atoms with van der Waals surface area (Å²) in [5, 5.41) is 10.1. The van der Waals surface area contributed by atoms with Crippen LogP contribution in [0.3, 0.4) is 0 Å². The van der Waals surface area contributed by atoms with E-state index in [9.17, 15) is 18.3 Å². The van der Waals surface area contributed by atoms with Crippen LogP contribution in [-0.2, 0) is 19.1 Å². The third-order valence-corrected chi connectivity index (χ3v) is 3.27. The Balaban J connectivity index is 2.68. The summed E-state index contributed by atoms with van der Waals surface area (Å²) in [6.07, 6.45) is -4.06. The molecule has 0 spiro atoms. The van der Waals surface area contributed by atoms with Crippen LogP contribution in [0, 0.1) is 0 Å². The number of hydrogen-bond donors (Lipinski definition) is 1. The zero-order valence-corrected chi connectivity index (χ0v) is 11.8. The molecule has 0 aliphatic heterocycles. The van der Waals surface area contributed by atoms with Gasteiger partial charge in [-0.2, -0.15) is 13.2 Å². The van der Waals surface area contributed by atoms with Crippen LogP contribution in [0.25, 0.3) is 10.9 Å². The first-order chi connectivity index (χ1) is 9.13.